The van der Waals surface area contributed by atoms with Crippen molar-refractivity contribution in [3.05, 3.63) is 36.2 Å². The van der Waals surface area contributed by atoms with Crippen LogP contribution in [0, 0.1) is 5.92 Å². The van der Waals surface area contributed by atoms with Crippen molar-refractivity contribution in [1.82, 2.24) is 9.97 Å². The summed E-state index contributed by atoms with van der Waals surface area (Å²) in [6.45, 7) is 0.836. The van der Waals surface area contributed by atoms with Crippen molar-refractivity contribution in [3.8, 4) is 5.75 Å². The molecular weight excluding hydrogens is 476 g/mol. The number of amides is 2. The van der Waals surface area contributed by atoms with Crippen LogP contribution in [0.1, 0.15) is 36.2 Å². The Bertz CT molecular complexity index is 1170. The first-order chi connectivity index (χ1) is 17.2. The highest BCUT2D eigenvalue weighted by Crippen LogP contribution is 2.51. The number of anilines is 3. The standard InChI is InChI=1S/C24H27F2N5O5/c25-24(26)10-14(24)8-20(34)18-3-4-19-22(28-18)31(15-2-1-7-30(19)11-15)23(35)29-21-9-17(5-6-27-21)36-13-16(33)12-32/h3-6,9,14-16,32-33H,1-2,7-8,10-13H2,(H,27,29,35)/t14-,15+,16-/m1/s1. The first-order valence-electron chi connectivity index (χ1n) is 11.9. The number of urea groups is 1. The Kier molecular flexibility index (Phi) is 6.47. The second kappa shape index (κ2) is 9.58. The van der Waals surface area contributed by atoms with E-state index in [9.17, 15) is 23.5 Å². The van der Waals surface area contributed by atoms with Gasteiger partial charge in [0.05, 0.1) is 18.3 Å². The molecule has 3 aliphatic rings. The van der Waals surface area contributed by atoms with Crippen LogP contribution in [0.2, 0.25) is 0 Å². The first kappa shape index (κ1) is 24.3. The zero-order valence-electron chi connectivity index (χ0n) is 19.4. The molecule has 2 aromatic rings. The van der Waals surface area contributed by atoms with Crippen LogP contribution in [0.3, 0.4) is 0 Å². The average molecular weight is 504 g/mol. The number of hydrogen-bond acceptors (Lipinski definition) is 8. The first-order valence-corrected chi connectivity index (χ1v) is 11.9. The fourth-order valence-corrected chi connectivity index (χ4v) is 4.64. The Hall–Kier alpha value is -3.38. The summed E-state index contributed by atoms with van der Waals surface area (Å²) in [7, 11) is 0. The number of piperidine rings is 1. The maximum Gasteiger partial charge on any atom is 0.329 e. The van der Waals surface area contributed by atoms with E-state index < -0.39 is 36.4 Å². The highest BCUT2D eigenvalue weighted by atomic mass is 19.3. The number of halogens is 2. The van der Waals surface area contributed by atoms with E-state index in [0.29, 0.717) is 23.8 Å². The third-order valence-electron chi connectivity index (χ3n) is 6.70. The van der Waals surface area contributed by atoms with Gasteiger partial charge in [-0.2, -0.15) is 0 Å². The van der Waals surface area contributed by atoms with Crippen molar-refractivity contribution in [3.63, 3.8) is 0 Å². The summed E-state index contributed by atoms with van der Waals surface area (Å²) >= 11 is 0. The summed E-state index contributed by atoms with van der Waals surface area (Å²) in [5.74, 6) is -3.35. The number of aliphatic hydroxyl groups is 2. The zero-order chi connectivity index (χ0) is 25.4. The minimum Gasteiger partial charge on any atom is -0.491 e. The number of nitrogens with one attached hydrogen (secondary N) is 1. The van der Waals surface area contributed by atoms with Crippen molar-refractivity contribution >= 4 is 29.1 Å². The number of pyridine rings is 2. The van der Waals surface area contributed by atoms with Gasteiger partial charge in [0, 0.05) is 44.1 Å². The molecule has 12 heteroatoms. The van der Waals surface area contributed by atoms with Crippen LogP contribution in [0.15, 0.2) is 30.5 Å². The van der Waals surface area contributed by atoms with Crippen molar-refractivity contribution in [2.24, 2.45) is 5.92 Å². The lowest BCUT2D eigenvalue weighted by Crippen LogP contribution is -2.56. The number of ketones is 1. The highest BCUT2D eigenvalue weighted by molar-refractivity contribution is 6.05. The molecule has 5 rings (SSSR count). The molecule has 2 fully saturated rings. The van der Waals surface area contributed by atoms with Gasteiger partial charge in [0.25, 0.3) is 5.92 Å². The fourth-order valence-electron chi connectivity index (χ4n) is 4.64. The Morgan fingerprint density at radius 3 is 2.86 bits per heavy atom. The van der Waals surface area contributed by atoms with E-state index in [4.69, 9.17) is 9.84 Å². The molecule has 1 saturated heterocycles. The number of ether oxygens (including phenoxy) is 1. The number of carbonyl (C=O) groups excluding carboxylic acids is 2. The molecule has 192 valence electrons. The number of aromatic nitrogens is 2. The van der Waals surface area contributed by atoms with Crippen LogP contribution < -0.4 is 19.9 Å². The largest absolute Gasteiger partial charge is 0.491 e. The van der Waals surface area contributed by atoms with Gasteiger partial charge >= 0.3 is 6.03 Å². The molecule has 3 N–H and O–H groups in total. The smallest absolute Gasteiger partial charge is 0.329 e. The molecule has 0 spiro atoms. The van der Waals surface area contributed by atoms with Crippen molar-refractivity contribution in [2.45, 2.75) is 43.8 Å². The Morgan fingerprint density at radius 1 is 1.31 bits per heavy atom. The number of carbonyl (C=O) groups is 2. The predicted molar refractivity (Wildman–Crippen MR) is 126 cm³/mol. The number of alkyl halides is 2. The molecule has 4 heterocycles. The number of fused-ring (bicyclic) bond motifs is 4. The van der Waals surface area contributed by atoms with Gasteiger partial charge in [0.2, 0.25) is 0 Å². The van der Waals surface area contributed by atoms with Gasteiger partial charge in [-0.1, -0.05) is 0 Å². The summed E-state index contributed by atoms with van der Waals surface area (Å²) in [4.78, 5) is 38.3. The highest BCUT2D eigenvalue weighted by Gasteiger charge is 2.57. The van der Waals surface area contributed by atoms with Gasteiger partial charge in [0.15, 0.2) is 11.6 Å². The SMILES string of the molecule is O=C(C[C@@H]1CC1(F)F)c1ccc2c(n1)N(C(=O)Nc1cc(OC[C@H](O)CO)ccn1)[C@H]1CCCN2C1. The molecule has 36 heavy (non-hydrogen) atoms. The molecule has 2 bridgehead atoms. The summed E-state index contributed by atoms with van der Waals surface area (Å²) in [6.07, 6.45) is 1.45. The lowest BCUT2D eigenvalue weighted by molar-refractivity contribution is 0.0536. The van der Waals surface area contributed by atoms with E-state index in [1.54, 1.807) is 12.1 Å². The monoisotopic (exact) mass is 503 g/mol. The fraction of sp³-hybridized carbons (Fsp3) is 0.500. The molecule has 1 aliphatic carbocycles. The van der Waals surface area contributed by atoms with Crippen LogP contribution in [0.25, 0.3) is 0 Å². The van der Waals surface area contributed by atoms with Gasteiger partial charge in [0.1, 0.15) is 30.0 Å². The molecule has 0 unspecified atom stereocenters. The maximum absolute atomic E-state index is 13.4. The van der Waals surface area contributed by atoms with Crippen LogP contribution >= 0.6 is 0 Å². The molecule has 10 nitrogen and oxygen atoms in total. The van der Waals surface area contributed by atoms with Gasteiger partial charge in [-0.05, 0) is 31.0 Å². The van der Waals surface area contributed by atoms with Crippen LogP contribution in [-0.2, 0) is 0 Å². The zero-order valence-corrected chi connectivity index (χ0v) is 19.4. The summed E-state index contributed by atoms with van der Waals surface area (Å²) < 4.78 is 32.1. The average Bonchev–Trinajstić information content (AvgIpc) is 3.47. The van der Waals surface area contributed by atoms with Gasteiger partial charge in [-0.25, -0.2) is 23.5 Å². The molecule has 2 aliphatic heterocycles. The summed E-state index contributed by atoms with van der Waals surface area (Å²) in [6, 6.07) is 5.63. The summed E-state index contributed by atoms with van der Waals surface area (Å²) in [5.41, 5.74) is 0.767. The Morgan fingerprint density at radius 2 is 2.11 bits per heavy atom. The molecule has 2 amide bonds. The molecule has 2 aromatic heterocycles. The summed E-state index contributed by atoms with van der Waals surface area (Å²) in [5, 5.41) is 21.2. The molecular formula is C24H27F2N5O5. The lowest BCUT2D eigenvalue weighted by Gasteiger charge is -2.45. The number of hydrogen-bond donors (Lipinski definition) is 3. The van der Waals surface area contributed by atoms with E-state index in [-0.39, 0.29) is 37.0 Å². The number of Topliss-reactive ketones (excluding diaryl/α,β-unsaturated/α-hetero) is 1. The second-order valence-electron chi connectivity index (χ2n) is 9.40. The second-order valence-corrected chi connectivity index (χ2v) is 9.40. The minimum absolute atomic E-state index is 0.0615. The third kappa shape index (κ3) is 4.96. The van der Waals surface area contributed by atoms with E-state index in [1.165, 1.54) is 23.2 Å². The Labute approximate surface area is 205 Å². The van der Waals surface area contributed by atoms with E-state index in [0.717, 1.165) is 19.4 Å². The van der Waals surface area contributed by atoms with Gasteiger partial charge < -0.3 is 19.8 Å². The number of aliphatic hydroxyl groups excluding tert-OH is 2. The third-order valence-corrected chi connectivity index (χ3v) is 6.70. The topological polar surface area (TPSA) is 128 Å². The quantitative estimate of drug-likeness (QED) is 0.469. The van der Waals surface area contributed by atoms with Crippen LogP contribution in [0.4, 0.5) is 30.9 Å². The molecule has 3 atom stereocenters. The van der Waals surface area contributed by atoms with Gasteiger partial charge in [-0.3, -0.25) is 15.0 Å². The van der Waals surface area contributed by atoms with Gasteiger partial charge in [-0.15, -0.1) is 0 Å². The number of rotatable bonds is 8. The minimum atomic E-state index is -2.79. The maximum atomic E-state index is 13.4. The van der Waals surface area contributed by atoms with Crippen molar-refractivity contribution in [2.75, 3.05) is 41.4 Å². The number of nitrogens with zero attached hydrogens (tertiary/aromatic N) is 4. The van der Waals surface area contributed by atoms with Crippen LogP contribution in [0.5, 0.6) is 5.75 Å². The lowest BCUT2D eigenvalue weighted by atomic mass is 9.99. The molecule has 0 radical (unpaired) electrons. The van der Waals surface area contributed by atoms with E-state index in [1.807, 2.05) is 0 Å². The van der Waals surface area contributed by atoms with E-state index >= 15 is 0 Å². The van der Waals surface area contributed by atoms with E-state index in [2.05, 4.69) is 20.2 Å². The van der Waals surface area contributed by atoms with Crippen molar-refractivity contribution in [1.29, 1.82) is 0 Å². The molecule has 0 aromatic carbocycles. The predicted octanol–water partition coefficient (Wildman–Crippen LogP) is 2.46. The van der Waals surface area contributed by atoms with Crippen LogP contribution in [-0.4, -0.2) is 76.4 Å². The van der Waals surface area contributed by atoms with Crippen molar-refractivity contribution < 1.29 is 33.3 Å². The normalized spacial score (nSPS) is 22.4. The Balaban J connectivity index is 1.37. The molecule has 1 saturated carbocycles.